The second kappa shape index (κ2) is 10.3. The lowest BCUT2D eigenvalue weighted by atomic mass is 10.2. The summed E-state index contributed by atoms with van der Waals surface area (Å²) in [4.78, 5) is 9.61. The topological polar surface area (TPSA) is 117 Å². The molecule has 0 aliphatic carbocycles. The van der Waals surface area contributed by atoms with Gasteiger partial charge in [0.05, 0.1) is 16.0 Å². The molecule has 1 atom stereocenters. The Bertz CT molecular complexity index is 1200. The molecule has 0 spiro atoms. The summed E-state index contributed by atoms with van der Waals surface area (Å²) < 4.78 is 30.1. The Morgan fingerprint density at radius 3 is 2.55 bits per heavy atom. The third-order valence-corrected chi connectivity index (χ3v) is 8.41. The molecule has 1 unspecified atom stereocenters. The Morgan fingerprint density at radius 2 is 1.87 bits per heavy atom. The molecule has 2 aromatic carbocycles. The quantitative estimate of drug-likeness (QED) is 0.410. The minimum atomic E-state index is -3.74. The summed E-state index contributed by atoms with van der Waals surface area (Å²) in [5, 5.41) is 15.1. The second-order valence-electron chi connectivity index (χ2n) is 6.48. The number of halogens is 1. The van der Waals surface area contributed by atoms with Crippen molar-refractivity contribution in [2.45, 2.75) is 16.7 Å². The van der Waals surface area contributed by atoms with Crippen molar-refractivity contribution in [1.82, 2.24) is 9.97 Å². The van der Waals surface area contributed by atoms with Crippen LogP contribution < -0.4 is 10.6 Å². The molecule has 3 N–H and O–H groups in total. The Kier molecular flexibility index (Phi) is 7.76. The molecule has 0 radical (unpaired) electrons. The number of sulfonamides is 1. The van der Waals surface area contributed by atoms with Crippen molar-refractivity contribution in [3.8, 4) is 0 Å². The second-order valence-corrected chi connectivity index (χ2v) is 10.8. The maximum Gasteiger partial charge on any atom is 0.288 e. The predicted molar refractivity (Wildman–Crippen MR) is 127 cm³/mol. The van der Waals surface area contributed by atoms with E-state index in [-0.39, 0.29) is 11.5 Å². The molecule has 3 rings (SSSR count). The summed E-state index contributed by atoms with van der Waals surface area (Å²) in [5.74, 6) is 0.956. The molecule has 0 fully saturated rings. The van der Waals surface area contributed by atoms with Crippen molar-refractivity contribution in [1.29, 1.82) is 0 Å². The summed E-state index contributed by atoms with van der Waals surface area (Å²) in [6.07, 6.45) is 3.39. The molecule has 31 heavy (non-hydrogen) atoms. The minimum absolute atomic E-state index is 0.00968. The molecule has 0 saturated heterocycles. The number of benzene rings is 2. The van der Waals surface area contributed by atoms with E-state index < -0.39 is 20.7 Å². The van der Waals surface area contributed by atoms with Crippen molar-refractivity contribution in [3.63, 3.8) is 0 Å². The van der Waals surface area contributed by atoms with Gasteiger partial charge in [-0.1, -0.05) is 28.9 Å². The highest BCUT2D eigenvalue weighted by atomic mass is 79.9. The predicted octanol–water partition coefficient (Wildman–Crippen LogP) is 3.87. The van der Waals surface area contributed by atoms with Crippen molar-refractivity contribution in [2.24, 2.45) is 3.77 Å². The van der Waals surface area contributed by atoms with Gasteiger partial charge in [-0.2, -0.15) is 13.4 Å². The van der Waals surface area contributed by atoms with Gasteiger partial charge in [0.1, 0.15) is 5.82 Å². The number of nitrogens with zero attached hydrogens (tertiary/aromatic N) is 3. The summed E-state index contributed by atoms with van der Waals surface area (Å²) in [6, 6.07) is 14.1. The number of aliphatic hydroxyl groups is 1. The molecule has 8 nitrogen and oxygen atoms in total. The average molecular weight is 524 g/mol. The van der Waals surface area contributed by atoms with Gasteiger partial charge in [-0.05, 0) is 65.0 Å². The Morgan fingerprint density at radius 1 is 1.16 bits per heavy atom. The van der Waals surface area contributed by atoms with Crippen LogP contribution in [0.5, 0.6) is 0 Å². The maximum atomic E-state index is 12.7. The Balaban J connectivity index is 1.77. The Hall–Kier alpha value is -2.34. The van der Waals surface area contributed by atoms with E-state index in [0.717, 1.165) is 10.6 Å². The molecule has 1 aromatic heterocycles. The highest BCUT2D eigenvalue weighted by molar-refractivity contribution is 9.10. The highest BCUT2D eigenvalue weighted by Gasteiger charge is 2.16. The van der Waals surface area contributed by atoms with Crippen LogP contribution in [0.3, 0.4) is 0 Å². The largest absolute Gasteiger partial charge is 0.395 e. The van der Waals surface area contributed by atoms with Gasteiger partial charge >= 0.3 is 0 Å². The summed E-state index contributed by atoms with van der Waals surface area (Å²) >= 11 is 3.36. The van der Waals surface area contributed by atoms with Crippen molar-refractivity contribution in [2.75, 3.05) is 30.0 Å². The van der Waals surface area contributed by atoms with Crippen LogP contribution in [0.4, 0.5) is 17.5 Å². The van der Waals surface area contributed by atoms with E-state index in [1.807, 2.05) is 24.3 Å². The van der Waals surface area contributed by atoms with Crippen LogP contribution in [-0.4, -0.2) is 42.9 Å². The van der Waals surface area contributed by atoms with Gasteiger partial charge in [0.2, 0.25) is 5.95 Å². The fourth-order valence-corrected chi connectivity index (χ4v) is 6.10. The normalized spacial score (nSPS) is 12.5. The number of nitrogens with one attached hydrogen (secondary N) is 2. The van der Waals surface area contributed by atoms with Crippen LogP contribution in [0.2, 0.25) is 0 Å². The fourth-order valence-electron chi connectivity index (χ4n) is 2.67. The fraction of sp³-hybridized carbons (Fsp3) is 0.200. The van der Waals surface area contributed by atoms with Crippen molar-refractivity contribution in [3.05, 3.63) is 64.8 Å². The van der Waals surface area contributed by atoms with Crippen LogP contribution in [0.25, 0.3) is 0 Å². The first-order chi connectivity index (χ1) is 14.8. The molecule has 0 aliphatic heterocycles. The zero-order valence-corrected chi connectivity index (χ0v) is 20.1. The van der Waals surface area contributed by atoms with Gasteiger partial charge in [-0.15, -0.1) is 3.77 Å². The lowest BCUT2D eigenvalue weighted by Gasteiger charge is -2.10. The van der Waals surface area contributed by atoms with Crippen LogP contribution in [-0.2, 0) is 20.7 Å². The third kappa shape index (κ3) is 6.10. The summed E-state index contributed by atoms with van der Waals surface area (Å²) in [7, 11) is -4.58. The molecule has 164 valence electrons. The lowest BCUT2D eigenvalue weighted by Crippen LogP contribution is -2.09. The van der Waals surface area contributed by atoms with Crippen LogP contribution in [0.1, 0.15) is 5.56 Å². The molecular weight excluding hydrogens is 502 g/mol. The van der Waals surface area contributed by atoms with Gasteiger partial charge < -0.3 is 15.7 Å². The average Bonchev–Trinajstić information content (AvgIpc) is 2.74. The third-order valence-electron chi connectivity index (χ3n) is 4.18. The van der Waals surface area contributed by atoms with Crippen LogP contribution in [0.15, 0.2) is 72.8 Å². The molecule has 0 bridgehead atoms. The first kappa shape index (κ1) is 23.3. The van der Waals surface area contributed by atoms with E-state index in [2.05, 4.69) is 40.3 Å². The van der Waals surface area contributed by atoms with E-state index in [4.69, 9.17) is 5.11 Å². The van der Waals surface area contributed by atoms with Gasteiger partial charge in [-0.25, -0.2) is 4.98 Å². The number of hydrogen-bond donors (Lipinski definition) is 3. The molecule has 3 aromatic rings. The number of aliphatic hydroxyl groups excluding tert-OH is 1. The summed E-state index contributed by atoms with van der Waals surface area (Å²) in [5.41, 5.74) is 1.42. The van der Waals surface area contributed by atoms with Gasteiger partial charge in [0.25, 0.3) is 10.0 Å². The van der Waals surface area contributed by atoms with Crippen molar-refractivity contribution >= 4 is 54.1 Å². The minimum Gasteiger partial charge on any atom is -0.395 e. The first-order valence-corrected chi connectivity index (χ1v) is 13.1. The Labute approximate surface area is 192 Å². The lowest BCUT2D eigenvalue weighted by molar-refractivity contribution is 0.311. The molecule has 11 heteroatoms. The smallest absolute Gasteiger partial charge is 0.288 e. The molecule has 0 aliphatic rings. The van der Waals surface area contributed by atoms with E-state index in [9.17, 15) is 8.42 Å². The maximum absolute atomic E-state index is 12.7. The van der Waals surface area contributed by atoms with Crippen molar-refractivity contribution < 1.29 is 13.5 Å². The standard InChI is InChI=1S/C20H22BrN5O3S2/c1-14-5-3-4-6-18(14)31(28,29)26-30(2)16-9-7-15(8-10-16)24-20-23-13-17(21)19(25-20)22-11-12-27/h3-10,13,27H,11-12H2,1-2H3,(H2,22,23,24,25). The van der Waals surface area contributed by atoms with Crippen LogP contribution in [0, 0.1) is 6.92 Å². The zero-order chi connectivity index (χ0) is 22.4. The van der Waals surface area contributed by atoms with E-state index in [0.29, 0.717) is 28.3 Å². The molecule has 0 amide bonds. The zero-order valence-electron chi connectivity index (χ0n) is 16.9. The van der Waals surface area contributed by atoms with Crippen LogP contribution >= 0.6 is 15.9 Å². The van der Waals surface area contributed by atoms with Gasteiger partial charge in [-0.3, -0.25) is 0 Å². The number of anilines is 3. The molecule has 0 saturated carbocycles. The molecule has 1 heterocycles. The van der Waals surface area contributed by atoms with Gasteiger partial charge in [0, 0.05) is 23.3 Å². The monoisotopic (exact) mass is 523 g/mol. The first-order valence-electron chi connectivity index (χ1n) is 9.24. The van der Waals surface area contributed by atoms with Gasteiger partial charge in [0.15, 0.2) is 0 Å². The highest BCUT2D eigenvalue weighted by Crippen LogP contribution is 2.23. The SMILES string of the molecule is Cc1ccccc1S(=O)(=O)N=S(C)c1ccc(Nc2ncc(Br)c(NCCO)n2)cc1. The number of hydrogen-bond acceptors (Lipinski definition) is 7. The van der Waals surface area contributed by atoms with E-state index in [1.54, 1.807) is 43.6 Å². The number of rotatable bonds is 8. The molecular formula is C20H22BrN5O3S2. The summed E-state index contributed by atoms with van der Waals surface area (Å²) in [6.45, 7) is 2.12. The van der Waals surface area contributed by atoms with E-state index in [1.165, 1.54) is 0 Å². The van der Waals surface area contributed by atoms with E-state index >= 15 is 0 Å². The number of aromatic nitrogens is 2. The number of aryl methyl sites for hydroxylation is 1.